The Bertz CT molecular complexity index is 1140. The molecule has 34 heavy (non-hydrogen) atoms. The summed E-state index contributed by atoms with van der Waals surface area (Å²) >= 11 is 5.80. The zero-order valence-corrected chi connectivity index (χ0v) is 21.0. The molecule has 2 rings (SSSR count). The van der Waals surface area contributed by atoms with Gasteiger partial charge in [0.2, 0.25) is 21.8 Å². The fraction of sp³-hybridized carbons (Fsp3) is 0.391. The van der Waals surface area contributed by atoms with Gasteiger partial charge < -0.3 is 10.2 Å². The minimum atomic E-state index is -3.99. The number of hydrogen-bond donors (Lipinski definition) is 1. The first kappa shape index (κ1) is 27.5. The first-order valence-electron chi connectivity index (χ1n) is 10.5. The van der Waals surface area contributed by atoms with E-state index in [4.69, 9.17) is 11.6 Å². The maximum absolute atomic E-state index is 14.3. The number of carbonyl (C=O) groups excluding carboxylic acids is 2. The van der Waals surface area contributed by atoms with Gasteiger partial charge in [0, 0.05) is 18.7 Å². The van der Waals surface area contributed by atoms with Crippen LogP contribution in [0.4, 0.5) is 14.5 Å². The van der Waals surface area contributed by atoms with E-state index in [-0.39, 0.29) is 28.7 Å². The van der Waals surface area contributed by atoms with Crippen molar-refractivity contribution in [1.82, 2.24) is 10.2 Å². The van der Waals surface area contributed by atoms with Crippen molar-refractivity contribution in [3.8, 4) is 0 Å². The molecule has 0 aliphatic carbocycles. The quantitative estimate of drug-likeness (QED) is 0.524. The van der Waals surface area contributed by atoms with Crippen LogP contribution in [-0.4, -0.2) is 50.5 Å². The van der Waals surface area contributed by atoms with Crippen LogP contribution in [0.25, 0.3) is 0 Å². The molecule has 186 valence electrons. The lowest BCUT2D eigenvalue weighted by Gasteiger charge is -2.31. The number of benzene rings is 2. The summed E-state index contributed by atoms with van der Waals surface area (Å²) in [6.07, 6.45) is 0.886. The molecule has 0 aliphatic rings. The monoisotopic (exact) mass is 515 g/mol. The number of carbonyl (C=O) groups is 2. The first-order valence-corrected chi connectivity index (χ1v) is 12.8. The number of nitrogens with one attached hydrogen (secondary N) is 1. The van der Waals surface area contributed by atoms with E-state index < -0.39 is 46.1 Å². The van der Waals surface area contributed by atoms with Crippen LogP contribution in [0, 0.1) is 17.6 Å². The van der Waals surface area contributed by atoms with Crippen molar-refractivity contribution in [1.29, 1.82) is 0 Å². The van der Waals surface area contributed by atoms with Gasteiger partial charge in [-0.1, -0.05) is 43.6 Å². The van der Waals surface area contributed by atoms with E-state index in [9.17, 15) is 26.8 Å². The number of sulfonamides is 1. The van der Waals surface area contributed by atoms with E-state index in [0.29, 0.717) is 6.54 Å². The Morgan fingerprint density at radius 1 is 1.06 bits per heavy atom. The molecule has 11 heteroatoms. The number of hydrogen-bond acceptors (Lipinski definition) is 4. The molecule has 1 atom stereocenters. The number of rotatable bonds is 10. The van der Waals surface area contributed by atoms with Crippen molar-refractivity contribution in [3.05, 3.63) is 64.7 Å². The molecule has 0 saturated carbocycles. The highest BCUT2D eigenvalue weighted by Gasteiger charge is 2.30. The van der Waals surface area contributed by atoms with Gasteiger partial charge in [-0.05, 0) is 37.1 Å². The van der Waals surface area contributed by atoms with E-state index in [1.54, 1.807) is 6.07 Å². The molecular weight excluding hydrogens is 488 g/mol. The van der Waals surface area contributed by atoms with Crippen molar-refractivity contribution in [3.63, 3.8) is 0 Å². The zero-order valence-electron chi connectivity index (χ0n) is 19.4. The maximum Gasteiger partial charge on any atom is 0.244 e. The summed E-state index contributed by atoms with van der Waals surface area (Å²) in [4.78, 5) is 27.2. The minimum Gasteiger partial charge on any atom is -0.354 e. The van der Waals surface area contributed by atoms with Crippen LogP contribution in [0.15, 0.2) is 42.5 Å². The molecule has 0 saturated heterocycles. The molecule has 1 unspecified atom stereocenters. The average Bonchev–Trinajstić information content (AvgIpc) is 2.75. The summed E-state index contributed by atoms with van der Waals surface area (Å²) in [6.45, 7) is 4.71. The Labute approximate surface area is 203 Å². The van der Waals surface area contributed by atoms with Crippen LogP contribution in [0.1, 0.15) is 26.3 Å². The van der Waals surface area contributed by atoms with Crippen LogP contribution in [0.2, 0.25) is 5.02 Å². The Morgan fingerprint density at radius 2 is 1.71 bits per heavy atom. The van der Waals surface area contributed by atoms with Crippen molar-refractivity contribution in [2.75, 3.05) is 23.7 Å². The first-order chi connectivity index (χ1) is 15.8. The van der Waals surface area contributed by atoms with Gasteiger partial charge in [0.25, 0.3) is 0 Å². The zero-order chi connectivity index (χ0) is 25.6. The summed E-state index contributed by atoms with van der Waals surface area (Å²) < 4.78 is 53.6. The third kappa shape index (κ3) is 7.39. The predicted octanol–water partition coefficient (Wildman–Crippen LogP) is 3.57. The standard InChI is InChI=1S/C23H28ClF2N3O4S/c1-15(2)12-27-23(31)16(3)28(13-17-7-5-6-8-20(17)25)22(30)14-29(34(4,32)33)18-9-10-21(26)19(24)11-18/h5-11,15-16H,12-14H2,1-4H3,(H,27,31). The smallest absolute Gasteiger partial charge is 0.244 e. The van der Waals surface area contributed by atoms with Gasteiger partial charge in [0.15, 0.2) is 0 Å². The largest absolute Gasteiger partial charge is 0.354 e. The molecular formula is C23H28ClF2N3O4S. The van der Waals surface area contributed by atoms with Gasteiger partial charge >= 0.3 is 0 Å². The molecule has 0 fully saturated rings. The third-order valence-electron chi connectivity index (χ3n) is 5.02. The molecule has 0 aromatic heterocycles. The van der Waals surface area contributed by atoms with Crippen molar-refractivity contribution in [2.45, 2.75) is 33.4 Å². The fourth-order valence-electron chi connectivity index (χ4n) is 3.10. The summed E-state index contributed by atoms with van der Waals surface area (Å²) in [5.74, 6) is -2.37. The third-order valence-corrected chi connectivity index (χ3v) is 6.45. The number of halogens is 3. The maximum atomic E-state index is 14.3. The second-order valence-corrected chi connectivity index (χ2v) is 10.6. The van der Waals surface area contributed by atoms with E-state index in [0.717, 1.165) is 27.6 Å². The highest BCUT2D eigenvalue weighted by molar-refractivity contribution is 7.92. The Morgan fingerprint density at radius 3 is 2.26 bits per heavy atom. The molecule has 0 heterocycles. The van der Waals surface area contributed by atoms with E-state index >= 15 is 0 Å². The van der Waals surface area contributed by atoms with Crippen LogP contribution < -0.4 is 9.62 Å². The Hall–Kier alpha value is -2.72. The number of amides is 2. The molecule has 1 N–H and O–H groups in total. The molecule has 2 aromatic carbocycles. The Balaban J connectivity index is 2.40. The number of anilines is 1. The summed E-state index contributed by atoms with van der Waals surface area (Å²) in [7, 11) is -3.99. The normalized spacial score (nSPS) is 12.4. The van der Waals surface area contributed by atoms with Crippen LogP contribution in [0.5, 0.6) is 0 Å². The van der Waals surface area contributed by atoms with Crippen molar-refractivity contribution < 1.29 is 26.8 Å². The highest BCUT2D eigenvalue weighted by Crippen LogP contribution is 2.25. The van der Waals surface area contributed by atoms with Gasteiger partial charge in [-0.2, -0.15) is 0 Å². The highest BCUT2D eigenvalue weighted by atomic mass is 35.5. The topological polar surface area (TPSA) is 86.8 Å². The fourth-order valence-corrected chi connectivity index (χ4v) is 4.12. The molecule has 0 aliphatic heterocycles. The van der Waals surface area contributed by atoms with Gasteiger partial charge in [0.1, 0.15) is 24.2 Å². The molecule has 0 radical (unpaired) electrons. The molecule has 2 aromatic rings. The van der Waals surface area contributed by atoms with Crippen LogP contribution in [0.3, 0.4) is 0 Å². The summed E-state index contributed by atoms with van der Waals surface area (Å²) in [6, 6.07) is 8.01. The summed E-state index contributed by atoms with van der Waals surface area (Å²) in [5, 5.41) is 2.41. The van der Waals surface area contributed by atoms with Gasteiger partial charge in [-0.15, -0.1) is 0 Å². The molecule has 2 amide bonds. The lowest BCUT2D eigenvalue weighted by molar-refractivity contribution is -0.139. The molecule has 7 nitrogen and oxygen atoms in total. The molecule has 0 bridgehead atoms. The van der Waals surface area contributed by atoms with E-state index in [1.807, 2.05) is 13.8 Å². The Kier molecular flexibility index (Phi) is 9.40. The summed E-state index contributed by atoms with van der Waals surface area (Å²) in [5.41, 5.74) is 0.139. The molecule has 0 spiro atoms. The second-order valence-electron chi connectivity index (χ2n) is 8.30. The van der Waals surface area contributed by atoms with Crippen molar-refractivity contribution >= 4 is 39.1 Å². The van der Waals surface area contributed by atoms with E-state index in [1.165, 1.54) is 31.2 Å². The lowest BCUT2D eigenvalue weighted by atomic mass is 10.1. The average molecular weight is 516 g/mol. The van der Waals surface area contributed by atoms with Crippen LogP contribution in [-0.2, 0) is 26.2 Å². The predicted molar refractivity (Wildman–Crippen MR) is 128 cm³/mol. The van der Waals surface area contributed by atoms with Crippen molar-refractivity contribution in [2.24, 2.45) is 5.92 Å². The van der Waals surface area contributed by atoms with Crippen LogP contribution >= 0.6 is 11.6 Å². The lowest BCUT2D eigenvalue weighted by Crippen LogP contribution is -2.51. The SMILES string of the molecule is CC(C)CNC(=O)C(C)N(Cc1ccccc1F)C(=O)CN(c1ccc(F)c(Cl)c1)S(C)(=O)=O. The number of nitrogens with zero attached hydrogens (tertiary/aromatic N) is 2. The van der Waals surface area contributed by atoms with E-state index in [2.05, 4.69) is 5.32 Å². The second kappa shape index (κ2) is 11.6. The van der Waals surface area contributed by atoms with Gasteiger partial charge in [-0.3, -0.25) is 13.9 Å². The minimum absolute atomic E-state index is 0.0231. The van der Waals surface area contributed by atoms with Gasteiger partial charge in [0.05, 0.1) is 17.0 Å². The van der Waals surface area contributed by atoms with Gasteiger partial charge in [-0.25, -0.2) is 17.2 Å².